The summed E-state index contributed by atoms with van der Waals surface area (Å²) in [5.74, 6) is 0.684. The van der Waals surface area contributed by atoms with Crippen LogP contribution in [0.25, 0.3) is 11.4 Å². The van der Waals surface area contributed by atoms with Gasteiger partial charge in [-0.05, 0) is 37.9 Å². The molecule has 0 atom stereocenters. The first kappa shape index (κ1) is 11.2. The fourth-order valence-electron chi connectivity index (χ4n) is 1.15. The second-order valence-electron chi connectivity index (χ2n) is 2.82. The summed E-state index contributed by atoms with van der Waals surface area (Å²) in [6.45, 7) is 0. The monoisotopic (exact) mass is 390 g/mol. The Morgan fingerprint density at radius 1 is 0.867 bits per heavy atom. The number of benzene rings is 1. The number of hydrogen-bond donors (Lipinski definition) is 0. The lowest BCUT2D eigenvalue weighted by Crippen LogP contribution is -1.91. The molecule has 0 saturated carbocycles. The predicted molar refractivity (Wildman–Crippen MR) is 70.6 cm³/mol. The van der Waals surface area contributed by atoms with Gasteiger partial charge in [-0.2, -0.15) is 0 Å². The van der Waals surface area contributed by atoms with Gasteiger partial charge in [0, 0.05) is 16.1 Å². The lowest BCUT2D eigenvalue weighted by molar-refractivity contribution is 1.12. The summed E-state index contributed by atoms with van der Waals surface area (Å²) in [5.41, 5.74) is 0.972. The first-order valence-electron chi connectivity index (χ1n) is 4.12. The van der Waals surface area contributed by atoms with Gasteiger partial charge in [-0.3, -0.25) is 0 Å². The van der Waals surface area contributed by atoms with Crippen molar-refractivity contribution in [2.75, 3.05) is 0 Å². The SMILES string of the molecule is Brc1cc(Br)nc(-c2ccccc2Br)n1. The minimum atomic E-state index is 0.684. The Kier molecular flexibility index (Phi) is 3.53. The highest BCUT2D eigenvalue weighted by Crippen LogP contribution is 2.27. The van der Waals surface area contributed by atoms with Crippen LogP contribution < -0.4 is 0 Å². The highest BCUT2D eigenvalue weighted by atomic mass is 79.9. The maximum atomic E-state index is 4.31. The number of nitrogens with zero attached hydrogens (tertiary/aromatic N) is 2. The third kappa shape index (κ3) is 2.65. The third-order valence-corrected chi connectivity index (χ3v) is 3.28. The van der Waals surface area contributed by atoms with Gasteiger partial charge < -0.3 is 0 Å². The van der Waals surface area contributed by atoms with Gasteiger partial charge in [-0.15, -0.1) is 0 Å². The van der Waals surface area contributed by atoms with Crippen LogP contribution in [0, 0.1) is 0 Å². The molecule has 0 spiro atoms. The summed E-state index contributed by atoms with van der Waals surface area (Å²) >= 11 is 10.1. The Morgan fingerprint density at radius 2 is 1.47 bits per heavy atom. The van der Waals surface area contributed by atoms with Crippen LogP contribution >= 0.6 is 47.8 Å². The van der Waals surface area contributed by atoms with Crippen molar-refractivity contribution < 1.29 is 0 Å². The molecule has 5 heteroatoms. The molecule has 0 radical (unpaired) electrons. The molecular weight excluding hydrogens is 388 g/mol. The minimum Gasteiger partial charge on any atom is -0.221 e. The van der Waals surface area contributed by atoms with E-state index >= 15 is 0 Å². The maximum absolute atomic E-state index is 4.31. The van der Waals surface area contributed by atoms with E-state index in [1.807, 2.05) is 24.3 Å². The Hall–Kier alpha value is -0.260. The Bertz CT molecular complexity index is 480. The van der Waals surface area contributed by atoms with E-state index in [1.165, 1.54) is 0 Å². The average molecular weight is 393 g/mol. The number of hydrogen-bond acceptors (Lipinski definition) is 2. The van der Waals surface area contributed by atoms with E-state index in [0.29, 0.717) is 5.82 Å². The van der Waals surface area contributed by atoms with E-state index in [0.717, 1.165) is 19.2 Å². The van der Waals surface area contributed by atoms with E-state index in [-0.39, 0.29) is 0 Å². The highest BCUT2D eigenvalue weighted by Gasteiger charge is 2.07. The van der Waals surface area contributed by atoms with Crippen LogP contribution in [0.4, 0.5) is 0 Å². The van der Waals surface area contributed by atoms with Gasteiger partial charge in [0.15, 0.2) is 5.82 Å². The van der Waals surface area contributed by atoms with E-state index in [9.17, 15) is 0 Å². The molecule has 2 nitrogen and oxygen atoms in total. The standard InChI is InChI=1S/C10H5Br3N2/c11-7-4-2-1-3-6(7)10-14-8(12)5-9(13)15-10/h1-5H. The van der Waals surface area contributed by atoms with Gasteiger partial charge in [0.25, 0.3) is 0 Å². The molecule has 0 aliphatic heterocycles. The molecule has 0 amide bonds. The molecule has 0 aliphatic rings. The van der Waals surface area contributed by atoms with Crippen molar-refractivity contribution in [2.45, 2.75) is 0 Å². The zero-order valence-electron chi connectivity index (χ0n) is 7.42. The number of aromatic nitrogens is 2. The predicted octanol–water partition coefficient (Wildman–Crippen LogP) is 4.43. The van der Waals surface area contributed by atoms with Crippen molar-refractivity contribution in [3.8, 4) is 11.4 Å². The van der Waals surface area contributed by atoms with Gasteiger partial charge in [0.05, 0.1) is 0 Å². The van der Waals surface area contributed by atoms with E-state index in [4.69, 9.17) is 0 Å². The molecule has 15 heavy (non-hydrogen) atoms. The fourth-order valence-corrected chi connectivity index (χ4v) is 2.69. The average Bonchev–Trinajstić information content (AvgIpc) is 2.16. The zero-order chi connectivity index (χ0) is 10.8. The minimum absolute atomic E-state index is 0.684. The van der Waals surface area contributed by atoms with E-state index < -0.39 is 0 Å². The molecular formula is C10H5Br3N2. The maximum Gasteiger partial charge on any atom is 0.162 e. The molecule has 0 N–H and O–H groups in total. The lowest BCUT2D eigenvalue weighted by Gasteiger charge is -2.03. The first-order chi connectivity index (χ1) is 7.16. The van der Waals surface area contributed by atoms with Crippen LogP contribution in [-0.4, -0.2) is 9.97 Å². The molecule has 2 rings (SSSR count). The van der Waals surface area contributed by atoms with Crippen LogP contribution in [0.3, 0.4) is 0 Å². The van der Waals surface area contributed by atoms with Crippen LogP contribution in [0.2, 0.25) is 0 Å². The smallest absolute Gasteiger partial charge is 0.162 e. The van der Waals surface area contributed by atoms with Crippen LogP contribution in [0.1, 0.15) is 0 Å². The molecule has 1 aromatic heterocycles. The summed E-state index contributed by atoms with van der Waals surface area (Å²) in [4.78, 5) is 8.62. The largest absolute Gasteiger partial charge is 0.221 e. The molecule has 76 valence electrons. The van der Waals surface area contributed by atoms with Crippen molar-refractivity contribution in [1.82, 2.24) is 9.97 Å². The van der Waals surface area contributed by atoms with Gasteiger partial charge in [0.2, 0.25) is 0 Å². The first-order valence-corrected chi connectivity index (χ1v) is 6.50. The molecule has 0 fully saturated rings. The summed E-state index contributed by atoms with van der Waals surface area (Å²) < 4.78 is 2.50. The summed E-state index contributed by atoms with van der Waals surface area (Å²) in [5, 5.41) is 0. The third-order valence-electron chi connectivity index (χ3n) is 1.78. The van der Waals surface area contributed by atoms with Crippen LogP contribution in [-0.2, 0) is 0 Å². The highest BCUT2D eigenvalue weighted by molar-refractivity contribution is 9.11. The summed E-state index contributed by atoms with van der Waals surface area (Å²) in [6, 6.07) is 9.66. The molecule has 1 heterocycles. The second-order valence-corrected chi connectivity index (χ2v) is 5.30. The molecule has 0 saturated heterocycles. The molecule has 0 aliphatic carbocycles. The topological polar surface area (TPSA) is 25.8 Å². The molecule has 0 unspecified atom stereocenters. The number of halogens is 3. The van der Waals surface area contributed by atoms with Crippen molar-refractivity contribution in [2.24, 2.45) is 0 Å². The zero-order valence-corrected chi connectivity index (χ0v) is 12.2. The van der Waals surface area contributed by atoms with Gasteiger partial charge in [-0.1, -0.05) is 34.1 Å². The summed E-state index contributed by atoms with van der Waals surface area (Å²) in [6.07, 6.45) is 0. The molecule has 1 aromatic carbocycles. The molecule has 0 bridgehead atoms. The normalized spacial score (nSPS) is 10.3. The van der Waals surface area contributed by atoms with Crippen molar-refractivity contribution in [3.63, 3.8) is 0 Å². The van der Waals surface area contributed by atoms with Crippen molar-refractivity contribution >= 4 is 47.8 Å². The quantitative estimate of drug-likeness (QED) is 0.671. The number of rotatable bonds is 1. The Balaban J connectivity index is 2.59. The van der Waals surface area contributed by atoms with E-state index in [2.05, 4.69) is 57.8 Å². The van der Waals surface area contributed by atoms with Crippen molar-refractivity contribution in [1.29, 1.82) is 0 Å². The van der Waals surface area contributed by atoms with Gasteiger partial charge in [-0.25, -0.2) is 9.97 Å². The van der Waals surface area contributed by atoms with Crippen LogP contribution in [0.15, 0.2) is 44.0 Å². The lowest BCUT2D eigenvalue weighted by atomic mass is 10.2. The van der Waals surface area contributed by atoms with Crippen molar-refractivity contribution in [3.05, 3.63) is 44.0 Å². The Morgan fingerprint density at radius 3 is 2.07 bits per heavy atom. The van der Waals surface area contributed by atoms with Gasteiger partial charge in [0.1, 0.15) is 9.21 Å². The summed E-state index contributed by atoms with van der Waals surface area (Å²) in [7, 11) is 0. The molecule has 2 aromatic rings. The fraction of sp³-hybridized carbons (Fsp3) is 0. The Labute approximate surface area is 113 Å². The van der Waals surface area contributed by atoms with Crippen LogP contribution in [0.5, 0.6) is 0 Å². The van der Waals surface area contributed by atoms with Gasteiger partial charge >= 0.3 is 0 Å². The van der Waals surface area contributed by atoms with E-state index in [1.54, 1.807) is 6.07 Å². The second kappa shape index (κ2) is 4.72.